The van der Waals surface area contributed by atoms with E-state index >= 15 is 0 Å². The summed E-state index contributed by atoms with van der Waals surface area (Å²) in [6, 6.07) is 0. The van der Waals surface area contributed by atoms with E-state index in [1.54, 1.807) is 6.92 Å². The first kappa shape index (κ1) is 13.0. The zero-order valence-corrected chi connectivity index (χ0v) is 6.89. The molecule has 0 spiro atoms. The van der Waals surface area contributed by atoms with Crippen LogP contribution in [0.25, 0.3) is 0 Å². The molecule has 0 fully saturated rings. The largest absolute Gasteiger partial charge is 0.668 e. The molecule has 0 aromatic rings. The molecule has 0 aromatic carbocycles. The predicted molar refractivity (Wildman–Crippen MR) is 35.8 cm³/mol. The molecule has 0 saturated heterocycles. The van der Waals surface area contributed by atoms with Gasteiger partial charge in [0.05, 0.1) is 6.61 Å². The van der Waals surface area contributed by atoms with Crippen molar-refractivity contribution in [2.75, 3.05) is 6.61 Å². The molecule has 1 amide bonds. The lowest BCUT2D eigenvalue weighted by Gasteiger charge is -1.91. The van der Waals surface area contributed by atoms with E-state index in [0.717, 1.165) is 0 Å². The summed E-state index contributed by atoms with van der Waals surface area (Å²) in [5, 5.41) is 0. The number of amides is 1. The third-order valence-corrected chi connectivity index (χ3v) is 0.287. The third-order valence-electron chi connectivity index (χ3n) is 0.287. The zero-order chi connectivity index (χ0) is 9.49. The smallest absolute Gasteiger partial charge is 0.450 e. The number of primary amides is 1. The lowest BCUT2D eigenvalue weighted by atomic mass is 10.9. The second kappa shape index (κ2) is 6.06. The molecule has 0 saturated carbocycles. The van der Waals surface area contributed by atoms with E-state index in [4.69, 9.17) is 19.2 Å². The first-order chi connectivity index (χ1) is 4.77. The highest BCUT2D eigenvalue weighted by atomic mass is 28.4. The summed E-state index contributed by atoms with van der Waals surface area (Å²) in [4.78, 5) is 38.9. The van der Waals surface area contributed by atoms with Gasteiger partial charge in [0.15, 0.2) is 0 Å². The molecule has 11 heavy (non-hydrogen) atoms. The number of ether oxygens (including phenoxy) is 1. The Balaban J connectivity index is 0. The van der Waals surface area contributed by atoms with Gasteiger partial charge in [0, 0.05) is 0 Å². The average molecular weight is 185 g/mol. The van der Waals surface area contributed by atoms with Crippen LogP contribution < -0.4 is 5.73 Å². The second-order valence-electron chi connectivity index (χ2n) is 1.35. The van der Waals surface area contributed by atoms with Crippen molar-refractivity contribution in [2.24, 2.45) is 5.73 Å². The van der Waals surface area contributed by atoms with E-state index in [1.807, 2.05) is 0 Å². The SMILES string of the molecule is CCOC(N)=O.O[Si](O)(O)O. The molecule has 0 heterocycles. The molecule has 0 unspecified atom stereocenters. The van der Waals surface area contributed by atoms with E-state index in [0.29, 0.717) is 6.61 Å². The van der Waals surface area contributed by atoms with Crippen LogP contribution >= 0.6 is 0 Å². The first-order valence-corrected chi connectivity index (χ1v) is 4.38. The van der Waals surface area contributed by atoms with E-state index in [2.05, 4.69) is 10.5 Å². The Kier molecular flexibility index (Phi) is 7.14. The van der Waals surface area contributed by atoms with Gasteiger partial charge in [-0.15, -0.1) is 0 Å². The minimum Gasteiger partial charge on any atom is -0.450 e. The molecular weight excluding hydrogens is 174 g/mol. The Morgan fingerprint density at radius 2 is 1.73 bits per heavy atom. The molecule has 0 aromatic heterocycles. The monoisotopic (exact) mass is 185 g/mol. The van der Waals surface area contributed by atoms with Crippen molar-refractivity contribution < 1.29 is 28.7 Å². The van der Waals surface area contributed by atoms with E-state index in [9.17, 15) is 4.79 Å². The van der Waals surface area contributed by atoms with Crippen molar-refractivity contribution in [1.82, 2.24) is 0 Å². The summed E-state index contributed by atoms with van der Waals surface area (Å²) in [5.41, 5.74) is 4.54. The second-order valence-corrected chi connectivity index (χ2v) is 2.55. The van der Waals surface area contributed by atoms with Gasteiger partial charge in [0.25, 0.3) is 0 Å². The minimum atomic E-state index is -4.61. The topological polar surface area (TPSA) is 133 Å². The summed E-state index contributed by atoms with van der Waals surface area (Å²) < 4.78 is 4.18. The molecule has 68 valence electrons. The van der Waals surface area contributed by atoms with Crippen LogP contribution in [-0.4, -0.2) is 40.9 Å². The number of hydrogen-bond donors (Lipinski definition) is 5. The molecule has 7 nitrogen and oxygen atoms in total. The maximum absolute atomic E-state index is 9.60. The Bertz CT molecular complexity index is 105. The highest BCUT2D eigenvalue weighted by molar-refractivity contribution is 6.46. The molecule has 0 aliphatic rings. The number of carbonyl (C=O) groups excluding carboxylic acids is 1. The highest BCUT2D eigenvalue weighted by Crippen LogP contribution is 1.67. The van der Waals surface area contributed by atoms with Crippen molar-refractivity contribution in [3.05, 3.63) is 0 Å². The Hall–Kier alpha value is -0.673. The zero-order valence-electron chi connectivity index (χ0n) is 5.89. The Morgan fingerprint density at radius 3 is 1.73 bits per heavy atom. The van der Waals surface area contributed by atoms with Crippen LogP contribution in [0.2, 0.25) is 0 Å². The molecule has 0 aliphatic carbocycles. The number of rotatable bonds is 1. The maximum atomic E-state index is 9.60. The quantitative estimate of drug-likeness (QED) is 0.286. The van der Waals surface area contributed by atoms with Crippen molar-refractivity contribution in [2.45, 2.75) is 6.92 Å². The van der Waals surface area contributed by atoms with Gasteiger partial charge in [-0.1, -0.05) is 0 Å². The van der Waals surface area contributed by atoms with Gasteiger partial charge in [0.2, 0.25) is 0 Å². The lowest BCUT2D eigenvalue weighted by molar-refractivity contribution is 0.117. The fraction of sp³-hybridized carbons (Fsp3) is 0.667. The van der Waals surface area contributed by atoms with E-state index in [-0.39, 0.29) is 0 Å². The Labute approximate surface area is 64.1 Å². The predicted octanol–water partition coefficient (Wildman–Crippen LogP) is -2.51. The van der Waals surface area contributed by atoms with Crippen LogP contribution in [0, 0.1) is 0 Å². The normalized spacial score (nSPS) is 9.55. The van der Waals surface area contributed by atoms with E-state index < -0.39 is 15.1 Å². The maximum Gasteiger partial charge on any atom is 0.668 e. The molecule has 8 heteroatoms. The lowest BCUT2D eigenvalue weighted by Crippen LogP contribution is -2.33. The fourth-order valence-electron chi connectivity index (χ4n) is 0.142. The van der Waals surface area contributed by atoms with Crippen LogP contribution in [0.15, 0.2) is 0 Å². The average Bonchev–Trinajstić information content (AvgIpc) is 1.58. The van der Waals surface area contributed by atoms with Gasteiger partial charge < -0.3 is 29.7 Å². The summed E-state index contributed by atoms with van der Waals surface area (Å²) in [6.07, 6.45) is -0.711. The van der Waals surface area contributed by atoms with E-state index in [1.165, 1.54) is 0 Å². The number of nitrogens with two attached hydrogens (primary N) is 1. The van der Waals surface area contributed by atoms with Crippen molar-refractivity contribution in [3.63, 3.8) is 0 Å². The van der Waals surface area contributed by atoms with Gasteiger partial charge in [-0.3, -0.25) is 0 Å². The van der Waals surface area contributed by atoms with Gasteiger partial charge in [-0.2, -0.15) is 0 Å². The minimum absolute atomic E-state index is 0.356. The molecule has 6 N–H and O–H groups in total. The summed E-state index contributed by atoms with van der Waals surface area (Å²) in [6.45, 7) is 2.06. The van der Waals surface area contributed by atoms with Crippen molar-refractivity contribution in [1.29, 1.82) is 0 Å². The fourth-order valence-corrected chi connectivity index (χ4v) is 0.142. The third kappa shape index (κ3) is 92.5. The summed E-state index contributed by atoms with van der Waals surface area (Å²) >= 11 is 0. The first-order valence-electron chi connectivity index (χ1n) is 2.59. The van der Waals surface area contributed by atoms with Gasteiger partial charge >= 0.3 is 15.1 Å². The highest BCUT2D eigenvalue weighted by Gasteiger charge is 2.22. The number of hydrogen-bond acceptors (Lipinski definition) is 6. The Morgan fingerprint density at radius 1 is 1.45 bits per heavy atom. The molecule has 0 radical (unpaired) electrons. The van der Waals surface area contributed by atoms with Crippen LogP contribution in [0.1, 0.15) is 6.92 Å². The molecule has 0 aliphatic heterocycles. The van der Waals surface area contributed by atoms with Gasteiger partial charge in [0.1, 0.15) is 0 Å². The molecule has 0 atom stereocenters. The van der Waals surface area contributed by atoms with Gasteiger partial charge in [-0.25, -0.2) is 4.79 Å². The van der Waals surface area contributed by atoms with Crippen molar-refractivity contribution >= 4 is 15.1 Å². The summed E-state index contributed by atoms with van der Waals surface area (Å²) in [7, 11) is -4.61. The summed E-state index contributed by atoms with van der Waals surface area (Å²) in [5.74, 6) is 0. The standard InChI is InChI=1S/C3H7NO2.H4O4Si/c1-2-6-3(4)5;1-5(2,3)4/h2H2,1H3,(H2,4,5);1-4H. The molecular formula is C3H11NO6Si. The van der Waals surface area contributed by atoms with Crippen molar-refractivity contribution in [3.8, 4) is 0 Å². The molecule has 0 rings (SSSR count). The molecule has 0 bridgehead atoms. The van der Waals surface area contributed by atoms with Crippen LogP contribution in [0.4, 0.5) is 4.79 Å². The van der Waals surface area contributed by atoms with Gasteiger partial charge in [-0.05, 0) is 6.92 Å². The van der Waals surface area contributed by atoms with Crippen LogP contribution in [-0.2, 0) is 4.74 Å². The van der Waals surface area contributed by atoms with Crippen LogP contribution in [0.3, 0.4) is 0 Å². The van der Waals surface area contributed by atoms with Crippen LogP contribution in [0.5, 0.6) is 0 Å². The number of carbonyl (C=O) groups is 1.